The Balaban J connectivity index is 1.49. The normalized spacial score (nSPS) is 20.9. The summed E-state index contributed by atoms with van der Waals surface area (Å²) in [7, 11) is 1.78. The second-order valence-electron chi connectivity index (χ2n) is 7.78. The monoisotopic (exact) mass is 354 g/mol. The van der Waals surface area contributed by atoms with Crippen molar-refractivity contribution in [3.8, 4) is 0 Å². The standard InChI is InChI=1S/C20H26N4O2/c1-14(2)24-18(25)20(22(3)19(24)26)8-10-23(11-9-20)13-15-12-21-17-7-5-4-6-16(15)17/h4-7,12,14,21H,8-11,13H2,1-3H3. The van der Waals surface area contributed by atoms with E-state index in [0.29, 0.717) is 12.8 Å². The van der Waals surface area contributed by atoms with Crippen LogP contribution in [0, 0.1) is 0 Å². The number of H-pyrrole nitrogens is 1. The zero-order valence-electron chi connectivity index (χ0n) is 15.7. The number of likely N-dealkylation sites (tertiary alicyclic amines) is 1. The summed E-state index contributed by atoms with van der Waals surface area (Å²) < 4.78 is 0. The number of nitrogens with one attached hydrogen (secondary N) is 1. The van der Waals surface area contributed by atoms with Crippen molar-refractivity contribution in [3.05, 3.63) is 36.0 Å². The third-order valence-electron chi connectivity index (χ3n) is 6.02. The molecule has 6 nitrogen and oxygen atoms in total. The van der Waals surface area contributed by atoms with Crippen molar-refractivity contribution in [2.75, 3.05) is 20.1 Å². The van der Waals surface area contributed by atoms with Gasteiger partial charge in [-0.1, -0.05) is 18.2 Å². The highest BCUT2D eigenvalue weighted by molar-refractivity contribution is 6.07. The first kappa shape index (κ1) is 17.1. The Morgan fingerprint density at radius 1 is 1.15 bits per heavy atom. The van der Waals surface area contributed by atoms with Gasteiger partial charge in [0.15, 0.2) is 0 Å². The van der Waals surface area contributed by atoms with Crippen LogP contribution in [-0.4, -0.2) is 63.3 Å². The van der Waals surface area contributed by atoms with E-state index < -0.39 is 5.54 Å². The fourth-order valence-corrected chi connectivity index (χ4v) is 4.39. The highest BCUT2D eigenvalue weighted by atomic mass is 16.2. The number of aromatic amines is 1. The average molecular weight is 354 g/mol. The molecule has 1 aromatic heterocycles. The molecular formula is C20H26N4O2. The summed E-state index contributed by atoms with van der Waals surface area (Å²) in [5.41, 5.74) is 1.78. The van der Waals surface area contributed by atoms with Gasteiger partial charge in [0.25, 0.3) is 5.91 Å². The van der Waals surface area contributed by atoms with Gasteiger partial charge in [0.2, 0.25) is 0 Å². The van der Waals surface area contributed by atoms with Crippen molar-refractivity contribution < 1.29 is 9.59 Å². The van der Waals surface area contributed by atoms with Crippen LogP contribution in [0.15, 0.2) is 30.5 Å². The lowest BCUT2D eigenvalue weighted by Crippen LogP contribution is -2.55. The van der Waals surface area contributed by atoms with E-state index in [2.05, 4.69) is 34.3 Å². The van der Waals surface area contributed by atoms with Crippen LogP contribution < -0.4 is 0 Å². The van der Waals surface area contributed by atoms with Crippen molar-refractivity contribution in [1.29, 1.82) is 0 Å². The topological polar surface area (TPSA) is 59.7 Å². The minimum Gasteiger partial charge on any atom is -0.361 e. The van der Waals surface area contributed by atoms with Crippen molar-refractivity contribution in [1.82, 2.24) is 19.7 Å². The summed E-state index contributed by atoms with van der Waals surface area (Å²) in [6.45, 7) is 6.28. The van der Waals surface area contributed by atoms with Gasteiger partial charge in [0.05, 0.1) is 0 Å². The number of hydrogen-bond donors (Lipinski definition) is 1. The van der Waals surface area contributed by atoms with Crippen LogP contribution in [0.3, 0.4) is 0 Å². The van der Waals surface area contributed by atoms with E-state index in [1.165, 1.54) is 15.8 Å². The smallest absolute Gasteiger partial charge is 0.327 e. The summed E-state index contributed by atoms with van der Waals surface area (Å²) in [5, 5.41) is 1.25. The van der Waals surface area contributed by atoms with Crippen LogP contribution in [0.25, 0.3) is 10.9 Å². The molecular weight excluding hydrogens is 328 g/mol. The number of piperidine rings is 1. The maximum absolute atomic E-state index is 13.0. The molecule has 4 rings (SSSR count). The largest absolute Gasteiger partial charge is 0.361 e. The van der Waals surface area contributed by atoms with E-state index in [4.69, 9.17) is 0 Å². The first-order chi connectivity index (χ1) is 12.4. The number of fused-ring (bicyclic) bond motifs is 1. The Morgan fingerprint density at radius 2 is 1.85 bits per heavy atom. The summed E-state index contributed by atoms with van der Waals surface area (Å²) in [5.74, 6) is -0.0215. The molecule has 2 fully saturated rings. The number of amides is 3. The average Bonchev–Trinajstić information content (AvgIpc) is 3.11. The lowest BCUT2D eigenvalue weighted by atomic mass is 9.86. The van der Waals surface area contributed by atoms with Crippen LogP contribution in [0.5, 0.6) is 0 Å². The van der Waals surface area contributed by atoms with Crippen molar-refractivity contribution in [2.45, 2.75) is 44.8 Å². The predicted octanol–water partition coefficient (Wildman–Crippen LogP) is 2.80. The third-order valence-corrected chi connectivity index (χ3v) is 6.02. The zero-order chi connectivity index (χ0) is 18.5. The fraction of sp³-hybridized carbons (Fsp3) is 0.500. The first-order valence-electron chi connectivity index (χ1n) is 9.33. The zero-order valence-corrected chi connectivity index (χ0v) is 15.7. The molecule has 3 amide bonds. The number of rotatable bonds is 3. The summed E-state index contributed by atoms with van der Waals surface area (Å²) in [6.07, 6.45) is 3.46. The number of imide groups is 1. The molecule has 6 heteroatoms. The van der Waals surface area contributed by atoms with Gasteiger partial charge in [0, 0.05) is 49.8 Å². The minimum absolute atomic E-state index is 0.0215. The number of para-hydroxylation sites is 1. The lowest BCUT2D eigenvalue weighted by molar-refractivity contribution is -0.136. The molecule has 0 saturated carbocycles. The number of hydrogen-bond acceptors (Lipinski definition) is 3. The molecule has 0 unspecified atom stereocenters. The summed E-state index contributed by atoms with van der Waals surface area (Å²) in [6, 6.07) is 8.06. The first-order valence-corrected chi connectivity index (χ1v) is 9.33. The second-order valence-corrected chi connectivity index (χ2v) is 7.78. The number of carbonyl (C=O) groups excluding carboxylic acids is 2. The van der Waals surface area contributed by atoms with E-state index in [9.17, 15) is 9.59 Å². The number of carbonyl (C=O) groups is 2. The van der Waals surface area contributed by atoms with Crippen molar-refractivity contribution >= 4 is 22.8 Å². The predicted molar refractivity (Wildman–Crippen MR) is 101 cm³/mol. The molecule has 0 bridgehead atoms. The van der Waals surface area contributed by atoms with Crippen LogP contribution >= 0.6 is 0 Å². The number of nitrogens with zero attached hydrogens (tertiary/aromatic N) is 3. The molecule has 2 aromatic rings. The molecule has 3 heterocycles. The molecule has 26 heavy (non-hydrogen) atoms. The number of benzene rings is 1. The molecule has 2 aliphatic rings. The van der Waals surface area contributed by atoms with Crippen LogP contribution in [0.4, 0.5) is 4.79 Å². The summed E-state index contributed by atoms with van der Waals surface area (Å²) >= 11 is 0. The Hall–Kier alpha value is -2.34. The molecule has 0 aliphatic carbocycles. The minimum atomic E-state index is -0.655. The van der Waals surface area contributed by atoms with E-state index in [-0.39, 0.29) is 18.0 Å². The van der Waals surface area contributed by atoms with Crippen LogP contribution in [0.1, 0.15) is 32.3 Å². The van der Waals surface area contributed by atoms with E-state index >= 15 is 0 Å². The van der Waals surface area contributed by atoms with E-state index in [1.807, 2.05) is 19.9 Å². The molecule has 138 valence electrons. The lowest BCUT2D eigenvalue weighted by Gasteiger charge is -2.40. The highest BCUT2D eigenvalue weighted by Gasteiger charge is 2.56. The maximum Gasteiger partial charge on any atom is 0.327 e. The number of urea groups is 1. The maximum atomic E-state index is 13.0. The van der Waals surface area contributed by atoms with Gasteiger partial charge in [0.1, 0.15) is 5.54 Å². The molecule has 1 N–H and O–H groups in total. The Bertz CT molecular complexity index is 848. The van der Waals surface area contributed by atoms with Gasteiger partial charge in [-0.3, -0.25) is 14.6 Å². The van der Waals surface area contributed by atoms with Crippen LogP contribution in [-0.2, 0) is 11.3 Å². The van der Waals surface area contributed by atoms with Gasteiger partial charge in [-0.05, 0) is 38.3 Å². The van der Waals surface area contributed by atoms with Crippen molar-refractivity contribution in [3.63, 3.8) is 0 Å². The van der Waals surface area contributed by atoms with Crippen LogP contribution in [0.2, 0.25) is 0 Å². The number of aromatic nitrogens is 1. The summed E-state index contributed by atoms with van der Waals surface area (Å²) in [4.78, 5) is 34.3. The second kappa shape index (κ2) is 6.13. The molecule has 0 radical (unpaired) electrons. The van der Waals surface area contributed by atoms with Gasteiger partial charge >= 0.3 is 6.03 Å². The van der Waals surface area contributed by atoms with Gasteiger partial charge < -0.3 is 9.88 Å². The highest BCUT2D eigenvalue weighted by Crippen LogP contribution is 2.37. The molecule has 1 aromatic carbocycles. The van der Waals surface area contributed by atoms with E-state index in [1.54, 1.807) is 11.9 Å². The Kier molecular flexibility index (Phi) is 4.03. The van der Waals surface area contributed by atoms with Gasteiger partial charge in [-0.15, -0.1) is 0 Å². The van der Waals surface area contributed by atoms with Gasteiger partial charge in [-0.2, -0.15) is 0 Å². The molecule has 2 saturated heterocycles. The molecule has 2 aliphatic heterocycles. The SMILES string of the molecule is CC(C)N1C(=O)N(C)C2(CCN(Cc3c[nH]c4ccccc34)CC2)C1=O. The fourth-order valence-electron chi connectivity index (χ4n) is 4.39. The molecule has 1 spiro atoms. The third kappa shape index (κ3) is 2.43. The molecule has 0 atom stereocenters. The van der Waals surface area contributed by atoms with Crippen molar-refractivity contribution in [2.24, 2.45) is 0 Å². The van der Waals surface area contributed by atoms with E-state index in [0.717, 1.165) is 25.2 Å². The van der Waals surface area contributed by atoms with Gasteiger partial charge in [-0.25, -0.2) is 4.79 Å². The Morgan fingerprint density at radius 3 is 2.50 bits per heavy atom. The Labute approximate surface area is 153 Å². The quantitative estimate of drug-likeness (QED) is 0.862. The number of likely N-dealkylation sites (N-methyl/N-ethyl adjacent to an activating group) is 1.